The molecule has 0 radical (unpaired) electrons. The van der Waals surface area contributed by atoms with Crippen LogP contribution >= 0.6 is 0 Å². The minimum Gasteiger partial charge on any atom is -0.201 e. The lowest BCUT2D eigenvalue weighted by Gasteiger charge is -2.15. The molecule has 0 saturated carbocycles. The zero-order valence-electron chi connectivity index (χ0n) is 97.9. The van der Waals surface area contributed by atoms with Crippen molar-refractivity contribution < 1.29 is 71.7 Å². The Bertz CT molecular complexity index is 6570. The van der Waals surface area contributed by atoms with Crippen molar-refractivity contribution in [1.29, 1.82) is 0 Å². The smallest absolute Gasteiger partial charge is 0.201 e. The van der Waals surface area contributed by atoms with Gasteiger partial charge in [0, 0.05) is 122 Å². The van der Waals surface area contributed by atoms with Crippen molar-refractivity contribution in [2.45, 2.75) is 157 Å². The van der Waals surface area contributed by atoms with Crippen LogP contribution in [-0.2, 0) is 34.6 Å². The van der Waals surface area contributed by atoms with Crippen molar-refractivity contribution in [2.75, 3.05) is 0 Å². The molecule has 0 aliphatic heterocycles. The van der Waals surface area contributed by atoms with Crippen molar-refractivity contribution >= 4 is 0 Å². The molecule has 0 fully saturated rings. The third-order valence-corrected chi connectivity index (χ3v) is 17.6. The summed E-state index contributed by atoms with van der Waals surface area (Å²) in [6, 6.07) is 46.4. The van der Waals surface area contributed by atoms with Crippen molar-refractivity contribution in [3.8, 4) is 89.5 Å². The molecule has 4 aromatic heterocycles. The van der Waals surface area contributed by atoms with Gasteiger partial charge in [0.15, 0.2) is 24.8 Å². The van der Waals surface area contributed by atoms with E-state index in [1.165, 1.54) is 67.1 Å². The van der Waals surface area contributed by atoms with E-state index in [2.05, 4.69) is 0 Å². The molecule has 0 aliphatic carbocycles. The largest absolute Gasteiger partial charge is 0.212 e. The van der Waals surface area contributed by atoms with Crippen molar-refractivity contribution in [1.82, 2.24) is 0 Å². The zero-order chi connectivity index (χ0) is 105. The van der Waals surface area contributed by atoms with Gasteiger partial charge in [-0.15, -0.1) is 0 Å². The molecule has 0 amide bonds. The highest BCUT2D eigenvalue weighted by atomic mass is 14.9. The van der Waals surface area contributed by atoms with E-state index in [1.54, 1.807) is 242 Å². The maximum Gasteiger partial charge on any atom is 0.212 e. The maximum atomic E-state index is 8.69. The van der Waals surface area contributed by atoms with Crippen LogP contribution in [-0.4, -0.2) is 0 Å². The number of rotatable bonds is 11. The summed E-state index contributed by atoms with van der Waals surface area (Å²) in [6.45, 7) is -13.9. The third-order valence-electron chi connectivity index (χ3n) is 17.6. The summed E-state index contributed by atoms with van der Waals surface area (Å²) >= 11 is 0. The van der Waals surface area contributed by atoms with E-state index in [1.807, 2.05) is 0 Å². The maximum absolute atomic E-state index is 8.69. The van der Waals surface area contributed by atoms with Crippen LogP contribution in [0.2, 0.25) is 0 Å². The standard InChI is InChI=1S/C26H32N.C25H30N.C23H26N.C22H24N/c1-17(2)12-22-14-26(27(7)16-21(22)6)25-15-24(19(4)13-20(25)5)23-11-9-8-10-18(23)3;1-16(2)22-14-25(26(7)15-20(22)6)24-13-23(18(4)12-19(24)5)21-11-9-8-10-17(21)3;1-15-9-7-8-10-20(15)21-13-22(18(4)11-17(21)3)23-12-16(2)19(5)14-24(23)6;1-15-10-11-22(23(5)14-15)21-13-20(17(3)12-18(21)4)19-9-7-6-8-16(19)2/h8-11,13-17H,12H2,1-7H3;8-16H,1-7H3;7-14H,1-6H3;6-14H,1-5H3/q4*+1/i3D3,4D3,6D3,12D2;3D3,4D3,6D3,16D;1D3,3D3,5D3;1D3,2D3,3D3. The molecule has 0 spiro atoms. The topological polar surface area (TPSA) is 15.5 Å². The molecule has 100 heavy (non-hydrogen) atoms. The Kier molecular flexibility index (Phi) is 12.3. The molecule has 0 aliphatic rings. The Morgan fingerprint density at radius 1 is 0.280 bits per heavy atom. The first-order valence-electron chi connectivity index (χ1n) is 52.1. The van der Waals surface area contributed by atoms with Crippen LogP contribution in [0.5, 0.6) is 0 Å². The minimum absolute atomic E-state index is 0.00468. The van der Waals surface area contributed by atoms with E-state index < -0.39 is 100 Å². The van der Waals surface area contributed by atoms with Gasteiger partial charge in [0.25, 0.3) is 0 Å². The van der Waals surface area contributed by atoms with E-state index in [9.17, 15) is 0 Å². The summed E-state index contributed by atoms with van der Waals surface area (Å²) < 4.78 is 319. The quantitative estimate of drug-likeness (QED) is 0.115. The lowest BCUT2D eigenvalue weighted by molar-refractivity contribution is -0.660. The molecular formula is C96H112N4+4. The Hall–Kier alpha value is -9.64. The molecule has 0 bridgehead atoms. The molecule has 12 aromatic rings. The molecule has 8 aromatic carbocycles. The number of aromatic nitrogens is 4. The highest BCUT2D eigenvalue weighted by Crippen LogP contribution is 2.38. The van der Waals surface area contributed by atoms with Gasteiger partial charge in [0.05, 0.1) is 0 Å². The molecule has 0 N–H and O–H groups in total. The normalized spacial score (nSPS) is 18.6. The van der Waals surface area contributed by atoms with E-state index in [0.717, 1.165) is 0 Å². The molecule has 0 saturated heterocycles. The number of benzene rings is 8. The molecule has 4 heteroatoms. The summed E-state index contributed by atoms with van der Waals surface area (Å²) in [5.41, 5.74) is 11.6. The summed E-state index contributed by atoms with van der Waals surface area (Å²) in [4.78, 5) is 0. The van der Waals surface area contributed by atoms with Crippen molar-refractivity contribution in [3.63, 3.8) is 0 Å². The average molecular weight is 1360 g/mol. The van der Waals surface area contributed by atoms with Crippen LogP contribution in [0, 0.1) is 123 Å². The first-order chi connectivity index (χ1) is 63.0. The molecule has 0 unspecified atom stereocenters. The van der Waals surface area contributed by atoms with Gasteiger partial charge in [-0.1, -0.05) is 149 Å². The van der Waals surface area contributed by atoms with Gasteiger partial charge in [0.1, 0.15) is 28.2 Å². The van der Waals surface area contributed by atoms with Crippen LogP contribution in [0.4, 0.5) is 0 Å². The number of pyridine rings is 4. The monoisotopic (exact) mass is 1360 g/mol. The second-order valence-electron chi connectivity index (χ2n) is 25.8. The summed E-state index contributed by atoms with van der Waals surface area (Å²) in [7, 11) is 6.79. The average Bonchev–Trinajstić information content (AvgIpc) is 0.753. The predicted octanol–water partition coefficient (Wildman–Crippen LogP) is 22.9. The molecule has 4 heterocycles. The minimum atomic E-state index is -2.56. The lowest BCUT2D eigenvalue weighted by atomic mass is 9.90. The number of aryl methyl sites for hydroxylation is 21. The SMILES string of the molecule is [2H]C([2H])([2H])c1c[n+](C)c(-c2cc(-c3ccccc3C([2H])([2H])[2H])c(C([2H])([2H])[2H])cc2C)cc1C.[2H]C([2H])([2H])c1ccc(-c2cc(-c3ccccc3C([2H])([2H])[2H])c(C([2H])([2H])[2H])cc2C)[n+](C)c1.[2H]C([2H])([2H])c1ccccc1-c1cc(-c2cc(C([2H])(C)C)c(C([2H])([2H])[2H])c[n+]2C)c(C)cc1C([2H])([2H])[2H].[2H]C([2H])([2H])c1ccccc1-c1cc(-c2cc(C([2H])([2H])C(C)C)c(C([2H])([2H])[2H])c[n+]2C)c(C)cc1C([2H])([2H])[2H]. The highest BCUT2D eigenvalue weighted by Gasteiger charge is 2.23. The number of nitrogens with zero attached hydrogens (tertiary/aromatic N) is 4. The second kappa shape index (κ2) is 32.1. The first-order valence-corrected chi connectivity index (χ1v) is 32.6. The second-order valence-corrected chi connectivity index (χ2v) is 25.8. The molecule has 4 nitrogen and oxygen atoms in total. The number of hydrogen-bond donors (Lipinski definition) is 0. The van der Waals surface area contributed by atoms with Gasteiger partial charge < -0.3 is 0 Å². The van der Waals surface area contributed by atoms with Gasteiger partial charge in [0.2, 0.25) is 22.8 Å². The summed E-state index contributed by atoms with van der Waals surface area (Å²) in [5.74, 6) is -1.74. The Morgan fingerprint density at radius 2 is 0.610 bits per heavy atom. The fraction of sp³-hybridized carbons (Fsp3) is 0.292. The highest BCUT2D eigenvalue weighted by molar-refractivity contribution is 5.81. The fourth-order valence-electron chi connectivity index (χ4n) is 12.3. The van der Waals surface area contributed by atoms with E-state index in [0.29, 0.717) is 106 Å². The number of hydrogen-bond acceptors (Lipinski definition) is 0. The van der Waals surface area contributed by atoms with Crippen LogP contribution in [0.15, 0.2) is 201 Å². The first kappa shape index (κ1) is 38.2. The van der Waals surface area contributed by atoms with Gasteiger partial charge >= 0.3 is 0 Å². The molecule has 512 valence electrons. The molecule has 0 atom stereocenters. The molecule has 12 rings (SSSR count). The van der Waals surface area contributed by atoms with Gasteiger partial charge in [-0.2, -0.15) is 0 Å². The van der Waals surface area contributed by atoms with Crippen molar-refractivity contribution in [3.05, 3.63) is 306 Å². The zero-order valence-corrected chi connectivity index (χ0v) is 58.9. The van der Waals surface area contributed by atoms with E-state index in [-0.39, 0.29) is 89.0 Å². The van der Waals surface area contributed by atoms with E-state index >= 15 is 0 Å². The van der Waals surface area contributed by atoms with Gasteiger partial charge in [-0.3, -0.25) is 0 Å². The summed E-state index contributed by atoms with van der Waals surface area (Å²) in [6.07, 6.45) is 4.00. The summed E-state index contributed by atoms with van der Waals surface area (Å²) in [5, 5.41) is 0. The van der Waals surface area contributed by atoms with Crippen LogP contribution in [0.1, 0.15) is 193 Å². The Labute approximate surface area is 657 Å². The lowest BCUT2D eigenvalue weighted by Crippen LogP contribution is -2.32. The molecular weight excluding hydrogens is 1210 g/mol. The van der Waals surface area contributed by atoms with Crippen LogP contribution < -0.4 is 18.3 Å². The third kappa shape index (κ3) is 17.0. The Balaban J connectivity index is 0.000000208. The van der Waals surface area contributed by atoms with Crippen LogP contribution in [0.3, 0.4) is 0 Å². The Morgan fingerprint density at radius 3 is 0.960 bits per heavy atom. The van der Waals surface area contributed by atoms with Crippen molar-refractivity contribution in [2.24, 2.45) is 34.1 Å². The predicted molar refractivity (Wildman–Crippen MR) is 427 cm³/mol. The van der Waals surface area contributed by atoms with Gasteiger partial charge in [-0.25, -0.2) is 18.3 Å². The fourth-order valence-corrected chi connectivity index (χ4v) is 12.3. The van der Waals surface area contributed by atoms with E-state index in [4.69, 9.17) is 53.5 Å². The van der Waals surface area contributed by atoms with Crippen LogP contribution in [0.25, 0.3) is 89.5 Å². The van der Waals surface area contributed by atoms with Gasteiger partial charge in [-0.05, 0) is 293 Å².